The zero-order chi connectivity index (χ0) is 15.4. The average molecular weight is 329 g/mol. The van der Waals surface area contributed by atoms with E-state index >= 15 is 0 Å². The van der Waals surface area contributed by atoms with E-state index in [9.17, 15) is 8.42 Å². The van der Waals surface area contributed by atoms with Crippen LogP contribution in [0.4, 0.5) is 5.69 Å². The van der Waals surface area contributed by atoms with Crippen LogP contribution in [0, 0.1) is 0 Å². The highest BCUT2D eigenvalue weighted by atomic mass is 32.2. The third-order valence-corrected chi connectivity index (χ3v) is 6.00. The molecule has 0 aliphatic carbocycles. The highest BCUT2D eigenvalue weighted by Crippen LogP contribution is 2.21. The van der Waals surface area contributed by atoms with Gasteiger partial charge in [0, 0.05) is 5.69 Å². The zero-order valence-corrected chi connectivity index (χ0v) is 13.4. The minimum atomic E-state index is -3.47. The monoisotopic (exact) mass is 329 g/mol. The predicted molar refractivity (Wildman–Crippen MR) is 90.8 cm³/mol. The summed E-state index contributed by atoms with van der Waals surface area (Å²) in [6, 6.07) is 21.0. The minimum Gasteiger partial charge on any atom is -0.279 e. The molecule has 0 aliphatic rings. The average Bonchev–Trinajstić information content (AvgIpc) is 3.05. The summed E-state index contributed by atoms with van der Waals surface area (Å²) in [5.41, 5.74) is 2.95. The first-order valence-electron chi connectivity index (χ1n) is 6.83. The first-order valence-corrected chi connectivity index (χ1v) is 9.19. The summed E-state index contributed by atoms with van der Waals surface area (Å²) in [7, 11) is -3.47. The summed E-state index contributed by atoms with van der Waals surface area (Å²) in [5, 5.41) is 1.75. The lowest BCUT2D eigenvalue weighted by Crippen LogP contribution is -2.11. The fraction of sp³-hybridized carbons (Fsp3) is 0.0588. The summed E-state index contributed by atoms with van der Waals surface area (Å²) >= 11 is 1.20. The molecular formula is C17H15NO2S2. The van der Waals surface area contributed by atoms with Crippen LogP contribution >= 0.6 is 11.3 Å². The van der Waals surface area contributed by atoms with E-state index < -0.39 is 10.0 Å². The van der Waals surface area contributed by atoms with Crippen molar-refractivity contribution in [1.82, 2.24) is 0 Å². The SMILES string of the molecule is O=S(=O)(Nc1ccc(Cc2ccccc2)cc1)c1cccs1. The van der Waals surface area contributed by atoms with Gasteiger partial charge in [-0.05, 0) is 41.1 Å². The lowest BCUT2D eigenvalue weighted by atomic mass is 10.1. The molecule has 0 atom stereocenters. The quantitative estimate of drug-likeness (QED) is 0.764. The highest BCUT2D eigenvalue weighted by molar-refractivity contribution is 7.94. The van der Waals surface area contributed by atoms with Gasteiger partial charge in [0.15, 0.2) is 0 Å². The summed E-state index contributed by atoms with van der Waals surface area (Å²) < 4.78 is 27.2. The van der Waals surface area contributed by atoms with Gasteiger partial charge in [-0.1, -0.05) is 48.5 Å². The molecule has 1 heterocycles. The van der Waals surface area contributed by atoms with E-state index in [0.717, 1.165) is 12.0 Å². The fourth-order valence-electron chi connectivity index (χ4n) is 2.14. The first-order chi connectivity index (χ1) is 10.6. The maximum Gasteiger partial charge on any atom is 0.271 e. The number of anilines is 1. The Balaban J connectivity index is 1.72. The van der Waals surface area contributed by atoms with Crippen molar-refractivity contribution < 1.29 is 8.42 Å². The molecule has 0 amide bonds. The second kappa shape index (κ2) is 6.34. The summed E-state index contributed by atoms with van der Waals surface area (Å²) in [4.78, 5) is 0. The van der Waals surface area contributed by atoms with Crippen molar-refractivity contribution in [3.8, 4) is 0 Å². The molecule has 0 saturated heterocycles. The van der Waals surface area contributed by atoms with Crippen molar-refractivity contribution in [3.05, 3.63) is 83.2 Å². The molecular weight excluding hydrogens is 314 g/mol. The fourth-order valence-corrected chi connectivity index (χ4v) is 4.20. The van der Waals surface area contributed by atoms with Crippen molar-refractivity contribution in [2.24, 2.45) is 0 Å². The van der Waals surface area contributed by atoms with Gasteiger partial charge in [-0.15, -0.1) is 11.3 Å². The van der Waals surface area contributed by atoms with Crippen LogP contribution in [0.3, 0.4) is 0 Å². The van der Waals surface area contributed by atoms with Crippen LogP contribution in [0.2, 0.25) is 0 Å². The predicted octanol–water partition coefficient (Wildman–Crippen LogP) is 4.14. The van der Waals surface area contributed by atoms with Crippen LogP contribution in [0.5, 0.6) is 0 Å². The molecule has 5 heteroatoms. The van der Waals surface area contributed by atoms with E-state index in [1.807, 2.05) is 30.3 Å². The Morgan fingerprint density at radius 1 is 0.818 bits per heavy atom. The lowest BCUT2D eigenvalue weighted by Gasteiger charge is -2.07. The molecule has 112 valence electrons. The molecule has 0 aliphatic heterocycles. The third-order valence-electron chi connectivity index (χ3n) is 3.22. The van der Waals surface area contributed by atoms with Gasteiger partial charge in [0.1, 0.15) is 4.21 Å². The number of sulfonamides is 1. The van der Waals surface area contributed by atoms with Crippen LogP contribution in [0.25, 0.3) is 0 Å². The maximum absolute atomic E-state index is 12.1. The Morgan fingerprint density at radius 2 is 1.50 bits per heavy atom. The van der Waals surface area contributed by atoms with Gasteiger partial charge in [-0.25, -0.2) is 8.42 Å². The molecule has 0 saturated carbocycles. The van der Waals surface area contributed by atoms with Gasteiger partial charge < -0.3 is 0 Å². The second-order valence-electron chi connectivity index (χ2n) is 4.90. The Hall–Kier alpha value is -2.11. The minimum absolute atomic E-state index is 0.320. The molecule has 0 radical (unpaired) electrons. The van der Waals surface area contributed by atoms with Gasteiger partial charge in [0.25, 0.3) is 10.0 Å². The third kappa shape index (κ3) is 3.55. The molecule has 3 rings (SSSR count). The molecule has 0 bridgehead atoms. The van der Waals surface area contributed by atoms with Crippen LogP contribution in [0.1, 0.15) is 11.1 Å². The smallest absolute Gasteiger partial charge is 0.271 e. The van der Waals surface area contributed by atoms with E-state index in [2.05, 4.69) is 16.9 Å². The number of hydrogen-bond acceptors (Lipinski definition) is 3. The molecule has 1 N–H and O–H groups in total. The number of rotatable bonds is 5. The molecule has 0 unspecified atom stereocenters. The van der Waals surface area contributed by atoms with E-state index in [1.54, 1.807) is 29.6 Å². The lowest BCUT2D eigenvalue weighted by molar-refractivity contribution is 0.603. The van der Waals surface area contributed by atoms with E-state index in [4.69, 9.17) is 0 Å². The zero-order valence-electron chi connectivity index (χ0n) is 11.8. The van der Waals surface area contributed by atoms with Gasteiger partial charge >= 0.3 is 0 Å². The molecule has 1 aromatic heterocycles. The van der Waals surface area contributed by atoms with E-state index in [1.165, 1.54) is 16.9 Å². The summed E-state index contributed by atoms with van der Waals surface area (Å²) in [6.07, 6.45) is 0.832. The normalized spacial score (nSPS) is 11.3. The molecule has 2 aromatic carbocycles. The number of benzene rings is 2. The van der Waals surface area contributed by atoms with Crippen molar-refractivity contribution in [2.45, 2.75) is 10.6 Å². The first kappa shape index (κ1) is 14.8. The largest absolute Gasteiger partial charge is 0.279 e. The number of thiophene rings is 1. The van der Waals surface area contributed by atoms with E-state index in [-0.39, 0.29) is 0 Å². The van der Waals surface area contributed by atoms with Crippen molar-refractivity contribution in [2.75, 3.05) is 4.72 Å². The van der Waals surface area contributed by atoms with Crippen molar-refractivity contribution in [3.63, 3.8) is 0 Å². The molecule has 3 nitrogen and oxygen atoms in total. The van der Waals surface area contributed by atoms with Crippen molar-refractivity contribution >= 4 is 27.0 Å². The Morgan fingerprint density at radius 3 is 2.14 bits per heavy atom. The number of hydrogen-bond donors (Lipinski definition) is 1. The Kier molecular flexibility index (Phi) is 4.27. The molecule has 22 heavy (non-hydrogen) atoms. The van der Waals surface area contributed by atoms with Gasteiger partial charge in [0.2, 0.25) is 0 Å². The van der Waals surface area contributed by atoms with Crippen LogP contribution in [-0.4, -0.2) is 8.42 Å². The van der Waals surface area contributed by atoms with E-state index in [0.29, 0.717) is 9.90 Å². The number of nitrogens with one attached hydrogen (secondary N) is 1. The van der Waals surface area contributed by atoms with Crippen molar-refractivity contribution in [1.29, 1.82) is 0 Å². The maximum atomic E-state index is 12.1. The summed E-state index contributed by atoms with van der Waals surface area (Å²) in [5.74, 6) is 0. The standard InChI is InChI=1S/C17H15NO2S2/c19-22(20,17-7-4-12-21-17)18-16-10-8-15(9-11-16)13-14-5-2-1-3-6-14/h1-12,18H,13H2. The Bertz CT molecular complexity index is 824. The molecule has 0 fully saturated rings. The van der Waals surface area contributed by atoms with Crippen LogP contribution < -0.4 is 4.72 Å². The highest BCUT2D eigenvalue weighted by Gasteiger charge is 2.14. The molecule has 3 aromatic rings. The van der Waals surface area contributed by atoms with Gasteiger partial charge in [-0.3, -0.25) is 4.72 Å². The topological polar surface area (TPSA) is 46.2 Å². The van der Waals surface area contributed by atoms with Gasteiger partial charge in [-0.2, -0.15) is 0 Å². The molecule has 0 spiro atoms. The second-order valence-corrected chi connectivity index (χ2v) is 7.75. The van der Waals surface area contributed by atoms with Gasteiger partial charge in [0.05, 0.1) is 0 Å². The van der Waals surface area contributed by atoms with Crippen LogP contribution in [-0.2, 0) is 16.4 Å². The summed E-state index contributed by atoms with van der Waals surface area (Å²) in [6.45, 7) is 0. The van der Waals surface area contributed by atoms with Crippen LogP contribution in [0.15, 0.2) is 76.3 Å². The Labute approximate surface area is 134 Å².